The van der Waals surface area contributed by atoms with Crippen LogP contribution in [0.1, 0.15) is 24.5 Å². The Morgan fingerprint density at radius 3 is 2.26 bits per heavy atom. The normalized spacial score (nSPS) is 14.8. The van der Waals surface area contributed by atoms with Crippen LogP contribution in [0.3, 0.4) is 0 Å². The molecule has 0 radical (unpaired) electrons. The summed E-state index contributed by atoms with van der Waals surface area (Å²) in [5.41, 5.74) is -1.18. The molecule has 0 aliphatic rings. The molecule has 0 aliphatic heterocycles. The van der Waals surface area contributed by atoms with Crippen LogP contribution < -0.4 is 5.32 Å². The summed E-state index contributed by atoms with van der Waals surface area (Å²) in [6.45, 7) is 2.62. The van der Waals surface area contributed by atoms with Gasteiger partial charge in [0, 0.05) is 6.54 Å². The zero-order valence-electron chi connectivity index (χ0n) is 10.7. The number of carbonyl (C=O) groups is 1. The minimum absolute atomic E-state index is 0.132. The van der Waals surface area contributed by atoms with Gasteiger partial charge in [0.2, 0.25) is 5.91 Å². The first-order valence-electron chi connectivity index (χ1n) is 5.73. The molecule has 1 aromatic carbocycles. The van der Waals surface area contributed by atoms with Crippen LogP contribution in [-0.4, -0.2) is 22.8 Å². The first kappa shape index (κ1) is 15.5. The molecule has 1 rings (SSSR count). The lowest BCUT2D eigenvalue weighted by atomic mass is 10.0. The third-order valence-corrected chi connectivity index (χ3v) is 2.73. The Bertz CT molecular complexity index is 438. The Morgan fingerprint density at radius 2 is 1.79 bits per heavy atom. The SMILES string of the molecule is Cc1ccc(CNC(=O)C[C@](C)(O)C(F)(F)F)cc1. The maximum Gasteiger partial charge on any atom is 0.417 e. The topological polar surface area (TPSA) is 49.3 Å². The number of amides is 1. The van der Waals surface area contributed by atoms with E-state index in [0.29, 0.717) is 6.92 Å². The Morgan fingerprint density at radius 1 is 1.26 bits per heavy atom. The number of aryl methyl sites for hydroxylation is 1. The summed E-state index contributed by atoms with van der Waals surface area (Å²) in [4.78, 5) is 11.4. The fraction of sp³-hybridized carbons (Fsp3) is 0.462. The third-order valence-electron chi connectivity index (χ3n) is 2.73. The average Bonchev–Trinajstić information content (AvgIpc) is 2.26. The highest BCUT2D eigenvalue weighted by atomic mass is 19.4. The Hall–Kier alpha value is -1.56. The van der Waals surface area contributed by atoms with Gasteiger partial charge in [-0.15, -0.1) is 0 Å². The van der Waals surface area contributed by atoms with Crippen molar-refractivity contribution in [1.29, 1.82) is 0 Å². The van der Waals surface area contributed by atoms with Crippen molar-refractivity contribution in [3.8, 4) is 0 Å². The molecule has 1 atom stereocenters. The number of halogens is 3. The van der Waals surface area contributed by atoms with Gasteiger partial charge < -0.3 is 10.4 Å². The second-order valence-corrected chi connectivity index (χ2v) is 4.71. The predicted octanol–water partition coefficient (Wildman–Crippen LogP) is 2.31. The summed E-state index contributed by atoms with van der Waals surface area (Å²) in [6.07, 6.45) is -5.84. The van der Waals surface area contributed by atoms with Crippen molar-refractivity contribution in [3.05, 3.63) is 35.4 Å². The summed E-state index contributed by atoms with van der Waals surface area (Å²) < 4.78 is 37.1. The number of benzene rings is 1. The molecule has 0 heterocycles. The van der Waals surface area contributed by atoms with E-state index in [0.717, 1.165) is 11.1 Å². The summed E-state index contributed by atoms with van der Waals surface area (Å²) in [6, 6.07) is 7.23. The van der Waals surface area contributed by atoms with Crippen LogP contribution in [0.4, 0.5) is 13.2 Å². The summed E-state index contributed by atoms with van der Waals surface area (Å²) in [5, 5.41) is 11.5. The van der Waals surface area contributed by atoms with Gasteiger partial charge in [-0.2, -0.15) is 13.2 Å². The van der Waals surface area contributed by atoms with Gasteiger partial charge >= 0.3 is 6.18 Å². The smallest absolute Gasteiger partial charge is 0.380 e. The summed E-state index contributed by atoms with van der Waals surface area (Å²) >= 11 is 0. The van der Waals surface area contributed by atoms with Crippen LogP contribution in [0.25, 0.3) is 0 Å². The summed E-state index contributed by atoms with van der Waals surface area (Å²) in [7, 11) is 0. The van der Waals surface area contributed by atoms with E-state index in [4.69, 9.17) is 5.11 Å². The van der Waals surface area contributed by atoms with Crippen LogP contribution in [0.5, 0.6) is 0 Å². The molecular weight excluding hydrogens is 259 g/mol. The molecule has 0 bridgehead atoms. The molecule has 1 aromatic rings. The lowest BCUT2D eigenvalue weighted by Crippen LogP contribution is -2.46. The highest BCUT2D eigenvalue weighted by Crippen LogP contribution is 2.32. The van der Waals surface area contributed by atoms with Gasteiger partial charge in [-0.3, -0.25) is 4.79 Å². The second kappa shape index (κ2) is 5.61. The molecule has 0 unspecified atom stereocenters. The largest absolute Gasteiger partial charge is 0.417 e. The quantitative estimate of drug-likeness (QED) is 0.886. The van der Waals surface area contributed by atoms with Gasteiger partial charge in [0.15, 0.2) is 5.60 Å². The van der Waals surface area contributed by atoms with Crippen LogP contribution in [-0.2, 0) is 11.3 Å². The Kier molecular flexibility index (Phi) is 4.57. The minimum Gasteiger partial charge on any atom is -0.380 e. The molecule has 0 aromatic heterocycles. The molecule has 0 spiro atoms. The van der Waals surface area contributed by atoms with Crippen molar-refractivity contribution < 1.29 is 23.1 Å². The molecule has 0 fully saturated rings. The van der Waals surface area contributed by atoms with Gasteiger partial charge in [-0.25, -0.2) is 0 Å². The number of carbonyl (C=O) groups excluding carboxylic acids is 1. The van der Waals surface area contributed by atoms with Gasteiger partial charge in [0.25, 0.3) is 0 Å². The van der Waals surface area contributed by atoms with Crippen molar-refractivity contribution in [1.82, 2.24) is 5.32 Å². The standard InChI is InChI=1S/C13H16F3NO2/c1-9-3-5-10(6-4-9)8-17-11(18)7-12(2,19)13(14,15)16/h3-6,19H,7-8H2,1-2H3,(H,17,18)/t12-/m0/s1. The summed E-state index contributed by atoms with van der Waals surface area (Å²) in [5.74, 6) is -0.845. The first-order chi connectivity index (χ1) is 8.62. The van der Waals surface area contributed by atoms with Gasteiger partial charge in [0.1, 0.15) is 0 Å². The maximum atomic E-state index is 12.4. The van der Waals surface area contributed by atoms with E-state index >= 15 is 0 Å². The molecule has 2 N–H and O–H groups in total. The number of nitrogens with one attached hydrogen (secondary N) is 1. The molecule has 106 valence electrons. The van der Waals surface area contributed by atoms with Crippen LogP contribution in [0.2, 0.25) is 0 Å². The molecule has 0 saturated heterocycles. The fourth-order valence-electron chi connectivity index (χ4n) is 1.38. The molecule has 1 amide bonds. The Labute approximate surface area is 109 Å². The lowest BCUT2D eigenvalue weighted by molar-refractivity contribution is -0.253. The number of alkyl halides is 3. The fourth-order valence-corrected chi connectivity index (χ4v) is 1.38. The van der Waals surface area contributed by atoms with E-state index in [2.05, 4.69) is 5.32 Å². The highest BCUT2D eigenvalue weighted by Gasteiger charge is 2.50. The van der Waals surface area contributed by atoms with E-state index in [1.165, 1.54) is 0 Å². The Balaban J connectivity index is 2.51. The van der Waals surface area contributed by atoms with E-state index in [1.807, 2.05) is 19.1 Å². The van der Waals surface area contributed by atoms with E-state index < -0.39 is 24.1 Å². The average molecular weight is 275 g/mol. The van der Waals surface area contributed by atoms with E-state index in [-0.39, 0.29) is 6.54 Å². The number of hydrogen-bond acceptors (Lipinski definition) is 2. The molecule has 6 heteroatoms. The van der Waals surface area contributed by atoms with Gasteiger partial charge in [-0.1, -0.05) is 29.8 Å². The van der Waals surface area contributed by atoms with E-state index in [9.17, 15) is 18.0 Å². The second-order valence-electron chi connectivity index (χ2n) is 4.71. The monoisotopic (exact) mass is 275 g/mol. The number of hydrogen-bond donors (Lipinski definition) is 2. The number of aliphatic hydroxyl groups is 1. The minimum atomic E-state index is -4.83. The van der Waals surface area contributed by atoms with Crippen LogP contribution in [0.15, 0.2) is 24.3 Å². The molecule has 0 aliphatic carbocycles. The zero-order valence-corrected chi connectivity index (χ0v) is 10.7. The van der Waals surface area contributed by atoms with Crippen molar-refractivity contribution in [3.63, 3.8) is 0 Å². The van der Waals surface area contributed by atoms with Gasteiger partial charge in [0.05, 0.1) is 6.42 Å². The zero-order chi connectivity index (χ0) is 14.7. The van der Waals surface area contributed by atoms with Gasteiger partial charge in [-0.05, 0) is 19.4 Å². The highest BCUT2D eigenvalue weighted by molar-refractivity contribution is 5.77. The predicted molar refractivity (Wildman–Crippen MR) is 64.3 cm³/mol. The molecule has 19 heavy (non-hydrogen) atoms. The third kappa shape index (κ3) is 4.55. The van der Waals surface area contributed by atoms with Crippen LogP contribution in [0, 0.1) is 6.92 Å². The van der Waals surface area contributed by atoms with Crippen molar-refractivity contribution in [2.24, 2.45) is 0 Å². The van der Waals surface area contributed by atoms with Crippen molar-refractivity contribution in [2.75, 3.05) is 0 Å². The van der Waals surface area contributed by atoms with E-state index in [1.54, 1.807) is 12.1 Å². The lowest BCUT2D eigenvalue weighted by Gasteiger charge is -2.25. The molecule has 3 nitrogen and oxygen atoms in total. The van der Waals surface area contributed by atoms with Crippen LogP contribution >= 0.6 is 0 Å². The first-order valence-corrected chi connectivity index (χ1v) is 5.73. The maximum absolute atomic E-state index is 12.4. The van der Waals surface area contributed by atoms with Crippen molar-refractivity contribution in [2.45, 2.75) is 38.6 Å². The molecular formula is C13H16F3NO2. The van der Waals surface area contributed by atoms with Crippen molar-refractivity contribution >= 4 is 5.91 Å². The number of rotatable bonds is 4. The molecule has 0 saturated carbocycles.